The van der Waals surface area contributed by atoms with Crippen LogP contribution in [0.1, 0.15) is 5.69 Å². The van der Waals surface area contributed by atoms with Crippen molar-refractivity contribution in [2.75, 3.05) is 7.11 Å². The first-order valence-electron chi connectivity index (χ1n) is 5.35. The molecule has 0 aliphatic heterocycles. The fourth-order valence-electron chi connectivity index (χ4n) is 1.79. The number of aryl methyl sites for hydroxylation is 1. The Labute approximate surface area is 103 Å². The minimum absolute atomic E-state index is 0.867. The topological polar surface area (TPSA) is 26.5 Å². The molecule has 3 aromatic rings. The van der Waals surface area contributed by atoms with Gasteiger partial charge in [-0.2, -0.15) is 0 Å². The van der Waals surface area contributed by atoms with Crippen molar-refractivity contribution in [2.45, 2.75) is 6.92 Å². The molecular weight excluding hydrogens is 232 g/mol. The SMILES string of the molecule is COc1ccc(-c2cn3c(C)csc3n2)cc1. The smallest absolute Gasteiger partial charge is 0.194 e. The zero-order chi connectivity index (χ0) is 11.8. The second kappa shape index (κ2) is 3.89. The summed E-state index contributed by atoms with van der Waals surface area (Å²) in [7, 11) is 1.67. The number of hydrogen-bond acceptors (Lipinski definition) is 3. The van der Waals surface area contributed by atoms with E-state index < -0.39 is 0 Å². The highest BCUT2D eigenvalue weighted by atomic mass is 32.1. The van der Waals surface area contributed by atoms with Crippen molar-refractivity contribution in [3.8, 4) is 17.0 Å². The largest absolute Gasteiger partial charge is 0.497 e. The van der Waals surface area contributed by atoms with E-state index in [1.54, 1.807) is 18.4 Å². The van der Waals surface area contributed by atoms with Gasteiger partial charge in [0.25, 0.3) is 0 Å². The van der Waals surface area contributed by atoms with Crippen LogP contribution in [0.3, 0.4) is 0 Å². The number of benzene rings is 1. The molecule has 3 rings (SSSR count). The summed E-state index contributed by atoms with van der Waals surface area (Å²) in [6.45, 7) is 2.09. The van der Waals surface area contributed by atoms with E-state index >= 15 is 0 Å². The lowest BCUT2D eigenvalue weighted by Crippen LogP contribution is -1.82. The minimum Gasteiger partial charge on any atom is -0.497 e. The van der Waals surface area contributed by atoms with Crippen LogP contribution >= 0.6 is 11.3 Å². The Bertz CT molecular complexity index is 652. The fourth-order valence-corrected chi connectivity index (χ4v) is 2.65. The molecule has 0 unspecified atom stereocenters. The second-order valence-corrected chi connectivity index (χ2v) is 4.72. The van der Waals surface area contributed by atoms with Crippen LogP contribution in [0.15, 0.2) is 35.8 Å². The van der Waals surface area contributed by atoms with Crippen LogP contribution in [-0.4, -0.2) is 16.5 Å². The number of imidazole rings is 1. The third kappa shape index (κ3) is 1.70. The highest BCUT2D eigenvalue weighted by Crippen LogP contribution is 2.24. The Morgan fingerprint density at radius 1 is 1.24 bits per heavy atom. The van der Waals surface area contributed by atoms with Crippen LogP contribution in [-0.2, 0) is 0 Å². The molecule has 0 radical (unpaired) electrons. The predicted octanol–water partition coefficient (Wildman–Crippen LogP) is 3.38. The van der Waals surface area contributed by atoms with E-state index in [0.717, 1.165) is 22.0 Å². The molecule has 0 amide bonds. The third-order valence-corrected chi connectivity index (χ3v) is 3.73. The second-order valence-electron chi connectivity index (χ2n) is 3.88. The Morgan fingerprint density at radius 2 is 2.00 bits per heavy atom. The lowest BCUT2D eigenvalue weighted by molar-refractivity contribution is 0.415. The molecule has 4 heteroatoms. The van der Waals surface area contributed by atoms with Crippen molar-refractivity contribution < 1.29 is 4.74 Å². The summed E-state index contributed by atoms with van der Waals surface area (Å²) in [5, 5.41) is 2.11. The van der Waals surface area contributed by atoms with Gasteiger partial charge >= 0.3 is 0 Å². The Kier molecular flexibility index (Phi) is 2.37. The van der Waals surface area contributed by atoms with E-state index in [1.165, 1.54) is 5.69 Å². The highest BCUT2D eigenvalue weighted by Gasteiger charge is 2.07. The highest BCUT2D eigenvalue weighted by molar-refractivity contribution is 7.15. The normalized spacial score (nSPS) is 10.9. The Hall–Kier alpha value is -1.81. The molecular formula is C13H12N2OS. The van der Waals surface area contributed by atoms with Gasteiger partial charge < -0.3 is 4.74 Å². The zero-order valence-corrected chi connectivity index (χ0v) is 10.5. The monoisotopic (exact) mass is 244 g/mol. The standard InChI is InChI=1S/C13H12N2OS/c1-9-8-17-13-14-12(7-15(9)13)10-3-5-11(16-2)6-4-10/h3-8H,1-2H3. The van der Waals surface area contributed by atoms with Crippen molar-refractivity contribution in [3.63, 3.8) is 0 Å². The maximum atomic E-state index is 5.14. The molecule has 0 spiro atoms. The van der Waals surface area contributed by atoms with E-state index in [9.17, 15) is 0 Å². The van der Waals surface area contributed by atoms with Crippen molar-refractivity contribution in [2.24, 2.45) is 0 Å². The number of methoxy groups -OCH3 is 1. The van der Waals surface area contributed by atoms with Gasteiger partial charge in [-0.15, -0.1) is 11.3 Å². The summed E-state index contributed by atoms with van der Waals surface area (Å²) >= 11 is 1.66. The van der Waals surface area contributed by atoms with Gasteiger partial charge in [-0.1, -0.05) is 0 Å². The summed E-state index contributed by atoms with van der Waals surface area (Å²) in [4.78, 5) is 5.64. The lowest BCUT2D eigenvalue weighted by atomic mass is 10.2. The summed E-state index contributed by atoms with van der Waals surface area (Å²) < 4.78 is 7.26. The van der Waals surface area contributed by atoms with Crippen molar-refractivity contribution in [3.05, 3.63) is 41.5 Å². The van der Waals surface area contributed by atoms with E-state index in [-0.39, 0.29) is 0 Å². The molecule has 0 saturated carbocycles. The average Bonchev–Trinajstić information content (AvgIpc) is 2.92. The van der Waals surface area contributed by atoms with E-state index in [0.29, 0.717) is 0 Å². The average molecular weight is 244 g/mol. The maximum Gasteiger partial charge on any atom is 0.194 e. The van der Waals surface area contributed by atoms with Gasteiger partial charge in [0.1, 0.15) is 5.75 Å². The number of nitrogens with zero attached hydrogens (tertiary/aromatic N) is 2. The van der Waals surface area contributed by atoms with E-state index in [2.05, 4.69) is 27.9 Å². The molecule has 0 aliphatic carbocycles. The number of hydrogen-bond donors (Lipinski definition) is 0. The number of fused-ring (bicyclic) bond motifs is 1. The van der Waals surface area contributed by atoms with Gasteiger partial charge in [-0.05, 0) is 31.2 Å². The quantitative estimate of drug-likeness (QED) is 0.691. The Morgan fingerprint density at radius 3 is 2.65 bits per heavy atom. The molecule has 0 saturated heterocycles. The molecule has 2 aromatic heterocycles. The van der Waals surface area contributed by atoms with E-state index in [4.69, 9.17) is 4.74 Å². The first-order chi connectivity index (χ1) is 8.28. The summed E-state index contributed by atoms with van der Waals surface area (Å²) in [6.07, 6.45) is 2.07. The number of aromatic nitrogens is 2. The van der Waals surface area contributed by atoms with Gasteiger partial charge in [-0.3, -0.25) is 4.40 Å². The van der Waals surface area contributed by atoms with Crippen molar-refractivity contribution in [1.29, 1.82) is 0 Å². The van der Waals surface area contributed by atoms with Crippen LogP contribution in [0.2, 0.25) is 0 Å². The molecule has 2 heterocycles. The summed E-state index contributed by atoms with van der Waals surface area (Å²) in [5.74, 6) is 0.867. The van der Waals surface area contributed by atoms with Crippen molar-refractivity contribution >= 4 is 16.3 Å². The molecule has 0 fully saturated rings. The van der Waals surface area contributed by atoms with Gasteiger partial charge in [0, 0.05) is 22.8 Å². The molecule has 1 aromatic carbocycles. The maximum absolute atomic E-state index is 5.14. The van der Waals surface area contributed by atoms with Crippen molar-refractivity contribution in [1.82, 2.24) is 9.38 Å². The van der Waals surface area contributed by atoms with Crippen LogP contribution in [0.25, 0.3) is 16.2 Å². The van der Waals surface area contributed by atoms with Crippen LogP contribution in [0.5, 0.6) is 5.75 Å². The van der Waals surface area contributed by atoms with Crippen LogP contribution < -0.4 is 4.74 Å². The molecule has 17 heavy (non-hydrogen) atoms. The molecule has 0 bridgehead atoms. The number of ether oxygens (including phenoxy) is 1. The minimum atomic E-state index is 0.867. The molecule has 86 valence electrons. The molecule has 0 N–H and O–H groups in total. The molecule has 0 aliphatic rings. The Balaban J connectivity index is 2.07. The summed E-state index contributed by atoms with van der Waals surface area (Å²) in [5.41, 5.74) is 3.33. The van der Waals surface area contributed by atoms with Crippen LogP contribution in [0.4, 0.5) is 0 Å². The van der Waals surface area contributed by atoms with Gasteiger partial charge in [0.05, 0.1) is 12.8 Å². The molecule has 3 nitrogen and oxygen atoms in total. The lowest BCUT2D eigenvalue weighted by Gasteiger charge is -2.00. The van der Waals surface area contributed by atoms with Crippen LogP contribution in [0, 0.1) is 6.92 Å². The van der Waals surface area contributed by atoms with Gasteiger partial charge in [0.2, 0.25) is 0 Å². The predicted molar refractivity (Wildman–Crippen MR) is 69.8 cm³/mol. The number of rotatable bonds is 2. The summed E-state index contributed by atoms with van der Waals surface area (Å²) in [6, 6.07) is 7.96. The molecule has 0 atom stereocenters. The fraction of sp³-hybridized carbons (Fsp3) is 0.154. The van der Waals surface area contributed by atoms with Gasteiger partial charge in [0.15, 0.2) is 4.96 Å². The van der Waals surface area contributed by atoms with Gasteiger partial charge in [-0.25, -0.2) is 4.98 Å². The third-order valence-electron chi connectivity index (χ3n) is 2.77. The van der Waals surface area contributed by atoms with E-state index in [1.807, 2.05) is 24.3 Å². The number of thiazole rings is 1. The first kappa shape index (κ1) is 10.4. The zero-order valence-electron chi connectivity index (χ0n) is 9.68. The first-order valence-corrected chi connectivity index (χ1v) is 6.23.